The number of ether oxygens (including phenoxy) is 1. The molecule has 30 heavy (non-hydrogen) atoms. The van der Waals surface area contributed by atoms with Crippen molar-refractivity contribution in [3.05, 3.63) is 18.1 Å². The second kappa shape index (κ2) is 8.86. The highest BCUT2D eigenvalue weighted by Gasteiger charge is 2.38. The Morgan fingerprint density at radius 2 is 2.20 bits per heavy atom. The maximum Gasteiger partial charge on any atom is 0.471 e. The number of amides is 1. The Balaban J connectivity index is 1.73. The van der Waals surface area contributed by atoms with E-state index in [0.29, 0.717) is 16.6 Å². The molecule has 0 saturated carbocycles. The van der Waals surface area contributed by atoms with E-state index in [4.69, 9.17) is 10.5 Å². The zero-order valence-electron chi connectivity index (χ0n) is 15.7. The van der Waals surface area contributed by atoms with Crippen molar-refractivity contribution in [2.24, 2.45) is 0 Å². The molecule has 3 rings (SSSR count). The van der Waals surface area contributed by atoms with Gasteiger partial charge in [0.25, 0.3) is 0 Å². The summed E-state index contributed by atoms with van der Waals surface area (Å²) >= 11 is 0. The van der Waals surface area contributed by atoms with Gasteiger partial charge in [0.2, 0.25) is 0 Å². The molecule has 3 heterocycles. The second-order valence-corrected chi connectivity index (χ2v) is 6.68. The summed E-state index contributed by atoms with van der Waals surface area (Å²) in [5, 5.41) is 21.5. The minimum absolute atomic E-state index is 0.156. The molecular weight excluding hydrogens is 407 g/mol. The van der Waals surface area contributed by atoms with Gasteiger partial charge in [-0.25, -0.2) is 9.97 Å². The number of carbonyl (C=O) groups is 1. The smallest absolute Gasteiger partial charge is 0.394 e. The highest BCUT2D eigenvalue weighted by Crippen LogP contribution is 2.33. The van der Waals surface area contributed by atoms with Crippen LogP contribution in [0.5, 0.6) is 0 Å². The third kappa shape index (κ3) is 4.64. The standard InChI is InChI=1S/C18H20F3N5O4/c19-18(20,21)17(29)23-5-3-1-2-4-10-7-26(13-6-11(28)12(8-27)30-13)16-14(10)15(22)24-9-25-16/h7,9,11-13,27-28H,1,3,5-6,8H2,(H,23,29)(H2,22,24,25)/t11-,12+,13+/m0/s1. The first-order valence-electron chi connectivity index (χ1n) is 9.11. The summed E-state index contributed by atoms with van der Waals surface area (Å²) < 4.78 is 43.7. The maximum absolute atomic E-state index is 12.1. The third-order valence-electron chi connectivity index (χ3n) is 4.58. The first-order chi connectivity index (χ1) is 14.2. The molecule has 1 fully saturated rings. The van der Waals surface area contributed by atoms with Crippen LogP contribution in [0.15, 0.2) is 12.5 Å². The van der Waals surface area contributed by atoms with Crippen LogP contribution < -0.4 is 11.1 Å². The molecule has 162 valence electrons. The number of aromatic nitrogens is 3. The van der Waals surface area contributed by atoms with Crippen molar-refractivity contribution >= 4 is 22.8 Å². The van der Waals surface area contributed by atoms with Crippen LogP contribution in [0.2, 0.25) is 0 Å². The molecule has 0 radical (unpaired) electrons. The van der Waals surface area contributed by atoms with Crippen molar-refractivity contribution in [2.45, 2.75) is 43.9 Å². The predicted octanol–water partition coefficient (Wildman–Crippen LogP) is 0.464. The number of fused-ring (bicyclic) bond motifs is 1. The Kier molecular flexibility index (Phi) is 6.45. The van der Waals surface area contributed by atoms with Crippen LogP contribution >= 0.6 is 0 Å². The SMILES string of the molecule is Nc1ncnc2c1c(C#CCCCNC(=O)C(F)(F)F)cn2[C@H]1C[C@H](O)[C@@H](CO)O1. The third-order valence-corrected chi connectivity index (χ3v) is 4.58. The maximum atomic E-state index is 12.1. The van der Waals surface area contributed by atoms with Crippen LogP contribution in [-0.4, -0.2) is 62.2 Å². The summed E-state index contributed by atoms with van der Waals surface area (Å²) in [5.41, 5.74) is 6.90. The van der Waals surface area contributed by atoms with E-state index in [-0.39, 0.29) is 38.2 Å². The lowest BCUT2D eigenvalue weighted by atomic mass is 10.2. The highest BCUT2D eigenvalue weighted by molar-refractivity contribution is 5.92. The van der Waals surface area contributed by atoms with Crippen molar-refractivity contribution in [1.82, 2.24) is 19.9 Å². The van der Waals surface area contributed by atoms with E-state index in [1.165, 1.54) is 6.33 Å². The van der Waals surface area contributed by atoms with E-state index < -0.39 is 30.5 Å². The summed E-state index contributed by atoms with van der Waals surface area (Å²) in [4.78, 5) is 18.9. The first kappa shape index (κ1) is 21.8. The number of anilines is 1. The number of carbonyl (C=O) groups excluding carboxylic acids is 1. The van der Waals surface area contributed by atoms with Crippen LogP contribution in [0.25, 0.3) is 11.0 Å². The van der Waals surface area contributed by atoms with Crippen molar-refractivity contribution in [3.63, 3.8) is 0 Å². The monoisotopic (exact) mass is 427 g/mol. The molecular formula is C18H20F3N5O4. The zero-order chi connectivity index (χ0) is 21.9. The number of aliphatic hydroxyl groups excluding tert-OH is 2. The Labute approximate surface area is 169 Å². The quantitative estimate of drug-likeness (QED) is 0.402. The zero-order valence-corrected chi connectivity index (χ0v) is 15.7. The van der Waals surface area contributed by atoms with Gasteiger partial charge in [0.15, 0.2) is 0 Å². The van der Waals surface area contributed by atoms with Gasteiger partial charge in [-0.2, -0.15) is 13.2 Å². The molecule has 0 unspecified atom stereocenters. The van der Waals surface area contributed by atoms with E-state index in [1.54, 1.807) is 16.1 Å². The van der Waals surface area contributed by atoms with Gasteiger partial charge >= 0.3 is 12.1 Å². The van der Waals surface area contributed by atoms with E-state index >= 15 is 0 Å². The van der Waals surface area contributed by atoms with Gasteiger partial charge in [0.1, 0.15) is 30.1 Å². The lowest BCUT2D eigenvalue weighted by molar-refractivity contribution is -0.173. The molecule has 9 nitrogen and oxygen atoms in total. The van der Waals surface area contributed by atoms with Crippen molar-refractivity contribution in [3.8, 4) is 11.8 Å². The van der Waals surface area contributed by atoms with E-state index in [0.717, 1.165) is 0 Å². The van der Waals surface area contributed by atoms with Crippen molar-refractivity contribution in [2.75, 3.05) is 18.9 Å². The fourth-order valence-corrected chi connectivity index (χ4v) is 3.11. The number of nitrogens with zero attached hydrogens (tertiary/aromatic N) is 3. The number of hydrogen-bond donors (Lipinski definition) is 4. The topological polar surface area (TPSA) is 136 Å². The summed E-state index contributed by atoms with van der Waals surface area (Å²) in [7, 11) is 0. The fourth-order valence-electron chi connectivity index (χ4n) is 3.11. The molecule has 2 aromatic rings. The molecule has 12 heteroatoms. The van der Waals surface area contributed by atoms with Crippen molar-refractivity contribution in [1.29, 1.82) is 0 Å². The Hall–Kier alpha value is -2.88. The largest absolute Gasteiger partial charge is 0.471 e. The average Bonchev–Trinajstić information content (AvgIpc) is 3.24. The number of halogens is 3. The molecule has 0 spiro atoms. The Morgan fingerprint density at radius 3 is 2.87 bits per heavy atom. The number of hydrogen-bond acceptors (Lipinski definition) is 7. The van der Waals surface area contributed by atoms with Gasteiger partial charge in [0.05, 0.1) is 23.7 Å². The summed E-state index contributed by atoms with van der Waals surface area (Å²) in [5.74, 6) is 3.93. The van der Waals surface area contributed by atoms with Gasteiger partial charge in [-0.15, -0.1) is 0 Å². The molecule has 3 atom stereocenters. The van der Waals surface area contributed by atoms with Crippen molar-refractivity contribution < 1.29 is 32.9 Å². The average molecular weight is 427 g/mol. The van der Waals surface area contributed by atoms with Crippen LogP contribution in [0.1, 0.15) is 31.1 Å². The normalized spacial score (nSPS) is 21.4. The van der Waals surface area contributed by atoms with E-state index in [2.05, 4.69) is 21.8 Å². The first-order valence-corrected chi connectivity index (χ1v) is 9.11. The van der Waals surface area contributed by atoms with Crippen LogP contribution in [0.3, 0.4) is 0 Å². The van der Waals surface area contributed by atoms with Gasteiger partial charge in [-0.05, 0) is 6.42 Å². The Morgan fingerprint density at radius 1 is 1.43 bits per heavy atom. The molecule has 1 amide bonds. The number of alkyl halides is 3. The van der Waals surface area contributed by atoms with Gasteiger partial charge in [0, 0.05) is 25.6 Å². The number of nitrogens with two attached hydrogens (primary N) is 1. The number of unbranched alkanes of at least 4 members (excludes halogenated alkanes) is 1. The summed E-state index contributed by atoms with van der Waals surface area (Å²) in [6.45, 7) is -0.484. The van der Waals surface area contributed by atoms with Gasteiger partial charge < -0.3 is 30.6 Å². The molecule has 1 saturated heterocycles. The lowest BCUT2D eigenvalue weighted by Crippen LogP contribution is -2.37. The summed E-state index contributed by atoms with van der Waals surface area (Å²) in [6.07, 6.45) is -3.40. The highest BCUT2D eigenvalue weighted by atomic mass is 19.4. The number of nitrogens with one attached hydrogen (secondary N) is 1. The number of rotatable bonds is 5. The second-order valence-electron chi connectivity index (χ2n) is 6.68. The van der Waals surface area contributed by atoms with Crippen LogP contribution in [-0.2, 0) is 9.53 Å². The number of aliphatic hydroxyl groups is 2. The molecule has 0 aromatic carbocycles. The van der Waals surface area contributed by atoms with Gasteiger partial charge in [-0.3, -0.25) is 4.79 Å². The Bertz CT molecular complexity index is 982. The fraction of sp³-hybridized carbons (Fsp3) is 0.500. The van der Waals surface area contributed by atoms with Crippen LogP contribution in [0, 0.1) is 11.8 Å². The summed E-state index contributed by atoms with van der Waals surface area (Å²) in [6, 6.07) is 0. The molecule has 0 aliphatic carbocycles. The minimum Gasteiger partial charge on any atom is -0.394 e. The molecule has 1 aliphatic heterocycles. The molecule has 5 N–H and O–H groups in total. The number of nitrogen functional groups attached to an aromatic ring is 1. The van der Waals surface area contributed by atoms with E-state index in [9.17, 15) is 28.2 Å². The molecule has 0 bridgehead atoms. The molecule has 2 aromatic heterocycles. The predicted molar refractivity (Wildman–Crippen MR) is 98.7 cm³/mol. The van der Waals surface area contributed by atoms with Gasteiger partial charge in [-0.1, -0.05) is 11.8 Å². The lowest BCUT2D eigenvalue weighted by Gasteiger charge is -2.14. The minimum atomic E-state index is -4.91. The van der Waals surface area contributed by atoms with E-state index in [1.807, 2.05) is 0 Å². The molecule has 1 aliphatic rings. The van der Waals surface area contributed by atoms with Crippen LogP contribution in [0.4, 0.5) is 19.0 Å².